The molecule has 0 spiro atoms. The lowest BCUT2D eigenvalue weighted by molar-refractivity contribution is 0.585. The second kappa shape index (κ2) is 4.80. The number of fused-ring (bicyclic) bond motifs is 1. The van der Waals surface area contributed by atoms with Gasteiger partial charge in [-0.15, -0.1) is 0 Å². The minimum absolute atomic E-state index is 0.217. The zero-order chi connectivity index (χ0) is 12.4. The third kappa shape index (κ3) is 2.61. The highest BCUT2D eigenvalue weighted by Gasteiger charge is 2.07. The van der Waals surface area contributed by atoms with Crippen molar-refractivity contribution in [3.8, 4) is 0 Å². The predicted molar refractivity (Wildman–Crippen MR) is 68.4 cm³/mol. The zero-order valence-electron chi connectivity index (χ0n) is 10.2. The summed E-state index contributed by atoms with van der Waals surface area (Å²) in [6, 6.07) is 6.74. The number of aryl methyl sites for hydroxylation is 1. The van der Waals surface area contributed by atoms with Crippen LogP contribution in [0.4, 0.5) is 4.39 Å². The van der Waals surface area contributed by atoms with Crippen molar-refractivity contribution in [1.29, 1.82) is 0 Å². The topological polar surface area (TPSA) is 38.9 Å². The highest BCUT2D eigenvalue weighted by molar-refractivity contribution is 5.82. The van der Waals surface area contributed by atoms with E-state index in [9.17, 15) is 4.39 Å². The Labute approximate surface area is 101 Å². The van der Waals surface area contributed by atoms with Crippen molar-refractivity contribution in [2.75, 3.05) is 6.54 Å². The molecule has 0 radical (unpaired) electrons. The van der Waals surface area contributed by atoms with E-state index in [1.807, 2.05) is 13.0 Å². The molecule has 2 aromatic rings. The fourth-order valence-electron chi connectivity index (χ4n) is 1.98. The summed E-state index contributed by atoms with van der Waals surface area (Å²) in [6.07, 6.45) is 0.866. The first kappa shape index (κ1) is 12.0. The van der Waals surface area contributed by atoms with Gasteiger partial charge < -0.3 is 5.73 Å². The third-order valence-corrected chi connectivity index (χ3v) is 2.99. The molecule has 0 amide bonds. The lowest BCUT2D eigenvalue weighted by Gasteiger charge is -2.10. The van der Waals surface area contributed by atoms with Gasteiger partial charge in [0.1, 0.15) is 5.82 Å². The molecule has 3 heteroatoms. The van der Waals surface area contributed by atoms with Crippen LogP contribution in [0.15, 0.2) is 24.3 Å². The summed E-state index contributed by atoms with van der Waals surface area (Å²) in [6.45, 7) is 4.74. The maximum atomic E-state index is 13.1. The molecule has 2 rings (SSSR count). The first-order valence-corrected chi connectivity index (χ1v) is 5.86. The summed E-state index contributed by atoms with van der Waals surface area (Å²) in [4.78, 5) is 4.54. The molecule has 0 fully saturated rings. The van der Waals surface area contributed by atoms with Crippen molar-refractivity contribution in [2.24, 2.45) is 11.7 Å². The van der Waals surface area contributed by atoms with Crippen molar-refractivity contribution in [3.05, 3.63) is 41.3 Å². The van der Waals surface area contributed by atoms with Gasteiger partial charge in [-0.25, -0.2) is 4.39 Å². The van der Waals surface area contributed by atoms with Crippen molar-refractivity contribution in [2.45, 2.75) is 20.3 Å². The van der Waals surface area contributed by atoms with Crippen LogP contribution in [0.2, 0.25) is 0 Å². The average molecular weight is 232 g/mol. The number of benzene rings is 1. The van der Waals surface area contributed by atoms with E-state index in [2.05, 4.69) is 11.9 Å². The molecule has 0 saturated heterocycles. The Kier molecular flexibility index (Phi) is 3.38. The quantitative estimate of drug-likeness (QED) is 0.883. The smallest absolute Gasteiger partial charge is 0.123 e. The minimum Gasteiger partial charge on any atom is -0.330 e. The van der Waals surface area contributed by atoms with E-state index in [0.29, 0.717) is 12.5 Å². The maximum absolute atomic E-state index is 13.1. The molecule has 0 bridgehead atoms. The Balaban J connectivity index is 2.45. The van der Waals surface area contributed by atoms with E-state index in [0.717, 1.165) is 28.6 Å². The highest BCUT2D eigenvalue weighted by Crippen LogP contribution is 2.20. The van der Waals surface area contributed by atoms with Gasteiger partial charge >= 0.3 is 0 Å². The molecule has 0 aliphatic carbocycles. The van der Waals surface area contributed by atoms with Gasteiger partial charge in [-0.2, -0.15) is 0 Å². The van der Waals surface area contributed by atoms with E-state index in [1.165, 1.54) is 12.1 Å². The van der Waals surface area contributed by atoms with Gasteiger partial charge in [0, 0.05) is 11.1 Å². The molecule has 0 aliphatic rings. The molecule has 0 saturated carbocycles. The Morgan fingerprint density at radius 1 is 1.35 bits per heavy atom. The van der Waals surface area contributed by atoms with E-state index in [-0.39, 0.29) is 5.82 Å². The van der Waals surface area contributed by atoms with Crippen molar-refractivity contribution < 1.29 is 4.39 Å². The van der Waals surface area contributed by atoms with Gasteiger partial charge in [0.05, 0.1) is 5.52 Å². The minimum atomic E-state index is -0.217. The molecule has 1 atom stereocenters. The average Bonchev–Trinajstić information content (AvgIpc) is 2.30. The monoisotopic (exact) mass is 232 g/mol. The van der Waals surface area contributed by atoms with Gasteiger partial charge in [0.15, 0.2) is 0 Å². The highest BCUT2D eigenvalue weighted by atomic mass is 19.1. The van der Waals surface area contributed by atoms with Crippen molar-refractivity contribution in [1.82, 2.24) is 4.98 Å². The number of rotatable bonds is 3. The second-order valence-corrected chi connectivity index (χ2v) is 4.64. The summed E-state index contributed by atoms with van der Waals surface area (Å²) in [5, 5.41) is 0.883. The van der Waals surface area contributed by atoms with Crippen LogP contribution in [0.5, 0.6) is 0 Å². The first-order chi connectivity index (χ1) is 8.10. The summed E-state index contributed by atoms with van der Waals surface area (Å²) in [7, 11) is 0. The van der Waals surface area contributed by atoms with Crippen LogP contribution in [-0.2, 0) is 6.42 Å². The number of hydrogen-bond donors (Lipinski definition) is 1. The number of hydrogen-bond acceptors (Lipinski definition) is 2. The summed E-state index contributed by atoms with van der Waals surface area (Å²) in [5.74, 6) is 0.199. The summed E-state index contributed by atoms with van der Waals surface area (Å²) < 4.78 is 13.1. The predicted octanol–water partition coefficient (Wildman–Crippen LogP) is 2.82. The molecule has 2 nitrogen and oxygen atoms in total. The number of pyridine rings is 1. The normalized spacial score (nSPS) is 12.9. The fraction of sp³-hybridized carbons (Fsp3) is 0.357. The molecular weight excluding hydrogens is 215 g/mol. The number of aromatic nitrogens is 1. The third-order valence-electron chi connectivity index (χ3n) is 2.99. The van der Waals surface area contributed by atoms with Gasteiger partial charge in [-0.3, -0.25) is 4.98 Å². The lowest BCUT2D eigenvalue weighted by Crippen LogP contribution is -2.14. The summed E-state index contributed by atoms with van der Waals surface area (Å²) in [5.41, 5.74) is 8.56. The van der Waals surface area contributed by atoms with Crippen LogP contribution in [-0.4, -0.2) is 11.5 Å². The van der Waals surface area contributed by atoms with Crippen LogP contribution in [0, 0.1) is 18.7 Å². The van der Waals surface area contributed by atoms with E-state index < -0.39 is 0 Å². The molecule has 17 heavy (non-hydrogen) atoms. The largest absolute Gasteiger partial charge is 0.330 e. The van der Waals surface area contributed by atoms with Crippen LogP contribution in [0.25, 0.3) is 10.9 Å². The van der Waals surface area contributed by atoms with Gasteiger partial charge in [-0.1, -0.05) is 6.92 Å². The van der Waals surface area contributed by atoms with Gasteiger partial charge in [-0.05, 0) is 55.6 Å². The van der Waals surface area contributed by atoms with Crippen LogP contribution in [0.3, 0.4) is 0 Å². The van der Waals surface area contributed by atoms with E-state index in [1.54, 1.807) is 6.07 Å². The Hall–Kier alpha value is -1.48. The number of nitrogens with two attached hydrogens (primary N) is 1. The zero-order valence-corrected chi connectivity index (χ0v) is 10.2. The summed E-state index contributed by atoms with van der Waals surface area (Å²) >= 11 is 0. The number of nitrogens with zero attached hydrogens (tertiary/aromatic N) is 1. The molecule has 90 valence electrons. The molecule has 2 N–H and O–H groups in total. The van der Waals surface area contributed by atoms with Crippen LogP contribution in [0.1, 0.15) is 18.2 Å². The number of halogens is 1. The standard InChI is InChI=1S/C14H17FN2/c1-9(8-16)5-12-6-10(2)13-7-11(15)3-4-14(13)17-12/h3-4,6-7,9H,5,8,16H2,1-2H3. The Morgan fingerprint density at radius 3 is 2.82 bits per heavy atom. The maximum Gasteiger partial charge on any atom is 0.123 e. The van der Waals surface area contributed by atoms with Crippen LogP contribution >= 0.6 is 0 Å². The fourth-order valence-corrected chi connectivity index (χ4v) is 1.98. The Bertz CT molecular complexity index is 537. The molecule has 1 aromatic carbocycles. The molecule has 1 heterocycles. The second-order valence-electron chi connectivity index (χ2n) is 4.64. The first-order valence-electron chi connectivity index (χ1n) is 5.86. The Morgan fingerprint density at radius 2 is 2.12 bits per heavy atom. The molecular formula is C14H17FN2. The SMILES string of the molecule is Cc1cc(CC(C)CN)nc2ccc(F)cc12. The molecule has 1 unspecified atom stereocenters. The van der Waals surface area contributed by atoms with Gasteiger partial charge in [0.25, 0.3) is 0 Å². The lowest BCUT2D eigenvalue weighted by atomic mass is 10.0. The molecule has 1 aromatic heterocycles. The van der Waals surface area contributed by atoms with Crippen LogP contribution < -0.4 is 5.73 Å². The van der Waals surface area contributed by atoms with E-state index in [4.69, 9.17) is 5.73 Å². The van der Waals surface area contributed by atoms with Crippen molar-refractivity contribution in [3.63, 3.8) is 0 Å². The van der Waals surface area contributed by atoms with E-state index >= 15 is 0 Å². The van der Waals surface area contributed by atoms with Gasteiger partial charge in [0.2, 0.25) is 0 Å². The van der Waals surface area contributed by atoms with Crippen molar-refractivity contribution >= 4 is 10.9 Å². The molecule has 0 aliphatic heterocycles.